The Labute approximate surface area is 83.8 Å². The molecule has 8 heteroatoms. The summed E-state index contributed by atoms with van der Waals surface area (Å²) in [4.78, 5) is 0. The number of halogens is 8. The molecular formula is C6Cl2F6. The Kier molecular flexibility index (Phi) is 2.56. The van der Waals surface area contributed by atoms with E-state index < -0.39 is 33.6 Å². The van der Waals surface area contributed by atoms with Crippen molar-refractivity contribution in [2.24, 2.45) is 0 Å². The van der Waals surface area contributed by atoms with Gasteiger partial charge >= 0.3 is 11.8 Å². The first-order valence-electron chi connectivity index (χ1n) is 3.01. The van der Waals surface area contributed by atoms with Gasteiger partial charge in [0.1, 0.15) is 10.1 Å². The largest absolute Gasteiger partial charge is 0.367 e. The lowest BCUT2D eigenvalue weighted by atomic mass is 10.0. The Morgan fingerprint density at radius 3 is 1.71 bits per heavy atom. The second-order valence-electron chi connectivity index (χ2n) is 2.40. The third-order valence-corrected chi connectivity index (χ3v) is 2.26. The fourth-order valence-corrected chi connectivity index (χ4v) is 1.22. The van der Waals surface area contributed by atoms with Crippen LogP contribution in [0.15, 0.2) is 21.7 Å². The molecule has 0 radical (unpaired) electrons. The van der Waals surface area contributed by atoms with Crippen molar-refractivity contribution < 1.29 is 26.3 Å². The van der Waals surface area contributed by atoms with Gasteiger partial charge in [-0.25, -0.2) is 8.78 Å². The highest BCUT2D eigenvalue weighted by atomic mass is 35.5. The van der Waals surface area contributed by atoms with Crippen molar-refractivity contribution in [2.45, 2.75) is 11.8 Å². The summed E-state index contributed by atoms with van der Waals surface area (Å²) in [5.41, 5.74) is 0. The second kappa shape index (κ2) is 3.06. The molecule has 0 amide bonds. The molecule has 0 unspecified atom stereocenters. The van der Waals surface area contributed by atoms with Crippen LogP contribution >= 0.6 is 23.2 Å². The lowest BCUT2D eigenvalue weighted by molar-refractivity contribution is -0.170. The van der Waals surface area contributed by atoms with Crippen molar-refractivity contribution in [1.29, 1.82) is 0 Å². The van der Waals surface area contributed by atoms with Gasteiger partial charge < -0.3 is 0 Å². The van der Waals surface area contributed by atoms with Gasteiger partial charge in [-0.1, -0.05) is 23.2 Å². The third kappa shape index (κ3) is 1.24. The average molecular weight is 257 g/mol. The number of allylic oxidation sites excluding steroid dienone is 4. The van der Waals surface area contributed by atoms with Gasteiger partial charge in [0.05, 0.1) is 0 Å². The number of alkyl halides is 4. The molecule has 0 bridgehead atoms. The van der Waals surface area contributed by atoms with Gasteiger partial charge in [0.15, 0.2) is 11.7 Å². The fourth-order valence-electron chi connectivity index (χ4n) is 0.744. The van der Waals surface area contributed by atoms with E-state index >= 15 is 0 Å². The summed E-state index contributed by atoms with van der Waals surface area (Å²) < 4.78 is 75.1. The van der Waals surface area contributed by atoms with Gasteiger partial charge in [0, 0.05) is 0 Å². The Balaban J connectivity index is 3.48. The monoisotopic (exact) mass is 256 g/mol. The highest BCUT2D eigenvalue weighted by molar-refractivity contribution is 6.36. The molecule has 0 atom stereocenters. The molecule has 1 aliphatic carbocycles. The molecule has 0 aromatic carbocycles. The SMILES string of the molecule is FC1=C(Cl)C(F)(F)C(F)(F)C(F)=C1Cl. The number of hydrogen-bond donors (Lipinski definition) is 0. The maximum atomic E-state index is 12.6. The molecule has 14 heavy (non-hydrogen) atoms. The highest BCUT2D eigenvalue weighted by Gasteiger charge is 2.66. The zero-order valence-electron chi connectivity index (χ0n) is 6.02. The zero-order chi connectivity index (χ0) is 11.3. The van der Waals surface area contributed by atoms with Crippen LogP contribution in [-0.2, 0) is 0 Å². The van der Waals surface area contributed by atoms with Crippen molar-refractivity contribution in [2.75, 3.05) is 0 Å². The quantitative estimate of drug-likeness (QED) is 0.573. The first-order chi connectivity index (χ1) is 6.14. The van der Waals surface area contributed by atoms with Crippen molar-refractivity contribution in [1.82, 2.24) is 0 Å². The second-order valence-corrected chi connectivity index (χ2v) is 3.16. The predicted octanol–water partition coefficient (Wildman–Crippen LogP) is 4.11. The summed E-state index contributed by atoms with van der Waals surface area (Å²) in [6, 6.07) is 0. The smallest absolute Gasteiger partial charge is 0.204 e. The van der Waals surface area contributed by atoms with E-state index in [-0.39, 0.29) is 0 Å². The molecule has 1 rings (SSSR count). The van der Waals surface area contributed by atoms with Crippen LogP contribution in [0.3, 0.4) is 0 Å². The molecule has 80 valence electrons. The molecule has 0 N–H and O–H groups in total. The van der Waals surface area contributed by atoms with Crippen LogP contribution in [0.2, 0.25) is 0 Å². The highest BCUT2D eigenvalue weighted by Crippen LogP contribution is 2.53. The van der Waals surface area contributed by atoms with E-state index in [0.29, 0.717) is 0 Å². The molecule has 0 nitrogen and oxygen atoms in total. The molecule has 0 fully saturated rings. The standard InChI is InChI=1S/C6Cl2F6/c7-1-2(9)3(8)5(11,12)6(13,14)4(1)10. The third-order valence-electron chi connectivity index (χ3n) is 1.52. The van der Waals surface area contributed by atoms with Gasteiger partial charge in [-0.05, 0) is 0 Å². The van der Waals surface area contributed by atoms with Crippen molar-refractivity contribution in [3.8, 4) is 0 Å². The fraction of sp³-hybridized carbons (Fsp3) is 0.333. The van der Waals surface area contributed by atoms with Gasteiger partial charge in [0.2, 0.25) is 0 Å². The molecule has 0 aromatic rings. The molecule has 0 aromatic heterocycles. The van der Waals surface area contributed by atoms with Crippen LogP contribution in [0.1, 0.15) is 0 Å². The van der Waals surface area contributed by atoms with E-state index in [4.69, 9.17) is 11.6 Å². The van der Waals surface area contributed by atoms with Crippen LogP contribution in [-0.4, -0.2) is 11.8 Å². The molecule has 0 saturated heterocycles. The van der Waals surface area contributed by atoms with E-state index in [2.05, 4.69) is 11.6 Å². The minimum absolute atomic E-state index is 1.73. The molecular weight excluding hydrogens is 257 g/mol. The van der Waals surface area contributed by atoms with E-state index in [9.17, 15) is 26.3 Å². The lowest BCUT2D eigenvalue weighted by Crippen LogP contribution is -2.44. The van der Waals surface area contributed by atoms with Crippen LogP contribution < -0.4 is 0 Å². The first kappa shape index (κ1) is 11.7. The summed E-state index contributed by atoms with van der Waals surface area (Å²) in [5.74, 6) is -15.2. The molecule has 0 spiro atoms. The summed E-state index contributed by atoms with van der Waals surface area (Å²) >= 11 is 9.29. The normalized spacial score (nSPS) is 25.7. The zero-order valence-corrected chi connectivity index (χ0v) is 7.54. The topological polar surface area (TPSA) is 0 Å². The van der Waals surface area contributed by atoms with Crippen LogP contribution in [0, 0.1) is 0 Å². The number of hydrogen-bond acceptors (Lipinski definition) is 0. The van der Waals surface area contributed by atoms with Gasteiger partial charge in [-0.3, -0.25) is 0 Å². The minimum Gasteiger partial charge on any atom is -0.204 e. The Hall–Kier alpha value is -0.360. The van der Waals surface area contributed by atoms with Crippen molar-refractivity contribution in [3.05, 3.63) is 21.7 Å². The Morgan fingerprint density at radius 2 is 1.29 bits per heavy atom. The van der Waals surface area contributed by atoms with Crippen LogP contribution in [0.4, 0.5) is 26.3 Å². The Bertz CT molecular complexity index is 308. The minimum atomic E-state index is -5.23. The van der Waals surface area contributed by atoms with Gasteiger partial charge in [0.25, 0.3) is 0 Å². The van der Waals surface area contributed by atoms with E-state index in [1.54, 1.807) is 0 Å². The molecule has 1 aliphatic rings. The maximum absolute atomic E-state index is 12.6. The van der Waals surface area contributed by atoms with E-state index in [0.717, 1.165) is 0 Å². The average Bonchev–Trinajstić information content (AvgIpc) is 2.10. The van der Waals surface area contributed by atoms with Crippen LogP contribution in [0.25, 0.3) is 0 Å². The maximum Gasteiger partial charge on any atom is 0.367 e. The molecule has 0 saturated carbocycles. The van der Waals surface area contributed by atoms with Crippen LogP contribution in [0.5, 0.6) is 0 Å². The summed E-state index contributed by atoms with van der Waals surface area (Å²) in [7, 11) is 0. The lowest BCUT2D eigenvalue weighted by Gasteiger charge is -2.28. The van der Waals surface area contributed by atoms with E-state index in [1.165, 1.54) is 0 Å². The van der Waals surface area contributed by atoms with Crippen molar-refractivity contribution >= 4 is 23.2 Å². The first-order valence-corrected chi connectivity index (χ1v) is 3.77. The van der Waals surface area contributed by atoms with E-state index in [1.807, 2.05) is 0 Å². The molecule has 0 aliphatic heterocycles. The van der Waals surface area contributed by atoms with Gasteiger partial charge in [-0.2, -0.15) is 17.6 Å². The molecule has 0 heterocycles. The van der Waals surface area contributed by atoms with Gasteiger partial charge in [-0.15, -0.1) is 0 Å². The summed E-state index contributed by atoms with van der Waals surface area (Å²) in [6.07, 6.45) is 0. The number of rotatable bonds is 0. The summed E-state index contributed by atoms with van der Waals surface area (Å²) in [5, 5.41) is -3.83. The van der Waals surface area contributed by atoms with Crippen molar-refractivity contribution in [3.63, 3.8) is 0 Å². The predicted molar refractivity (Wildman–Crippen MR) is 37.9 cm³/mol. The summed E-state index contributed by atoms with van der Waals surface area (Å²) in [6.45, 7) is 0. The Morgan fingerprint density at radius 1 is 0.857 bits per heavy atom.